The Morgan fingerprint density at radius 3 is 2.61 bits per heavy atom. The third kappa shape index (κ3) is 3.75. The molecule has 1 amide bonds. The summed E-state index contributed by atoms with van der Waals surface area (Å²) in [5.74, 6) is -0.593. The van der Waals surface area contributed by atoms with Gasteiger partial charge in [0.05, 0.1) is 20.6 Å². The number of nitrogens with zero attached hydrogens (tertiary/aromatic N) is 1. The van der Waals surface area contributed by atoms with Crippen LogP contribution in [-0.2, 0) is 4.79 Å². The summed E-state index contributed by atoms with van der Waals surface area (Å²) in [4.78, 5) is 16.8. The Labute approximate surface area is 146 Å². The fraction of sp³-hybridized carbons (Fsp3) is 0. The van der Waals surface area contributed by atoms with Gasteiger partial charge in [0.15, 0.2) is 5.17 Å². The van der Waals surface area contributed by atoms with Gasteiger partial charge in [0.1, 0.15) is 5.82 Å². The molecule has 0 aliphatic carbocycles. The molecule has 7 heteroatoms. The molecule has 0 radical (unpaired) electrons. The number of halogens is 3. The Kier molecular flexibility index (Phi) is 4.71. The van der Waals surface area contributed by atoms with Gasteiger partial charge in [-0.05, 0) is 47.7 Å². The van der Waals surface area contributed by atoms with Crippen molar-refractivity contribution in [3.05, 3.63) is 68.8 Å². The Morgan fingerprint density at radius 1 is 1.13 bits per heavy atom. The zero-order chi connectivity index (χ0) is 16.4. The molecular weight excluding hydrogens is 358 g/mol. The Morgan fingerprint density at radius 2 is 1.87 bits per heavy atom. The summed E-state index contributed by atoms with van der Waals surface area (Å²) < 4.78 is 12.9. The molecule has 0 spiro atoms. The molecule has 0 atom stereocenters. The van der Waals surface area contributed by atoms with Gasteiger partial charge in [-0.15, -0.1) is 0 Å². The molecule has 116 valence electrons. The molecule has 1 saturated heterocycles. The predicted octanol–water partition coefficient (Wildman–Crippen LogP) is 5.02. The van der Waals surface area contributed by atoms with Gasteiger partial charge in [-0.25, -0.2) is 9.38 Å². The smallest absolute Gasteiger partial charge is 0.264 e. The molecule has 1 fully saturated rings. The van der Waals surface area contributed by atoms with Gasteiger partial charge in [0.25, 0.3) is 5.91 Å². The minimum absolute atomic E-state index is 0.267. The molecule has 0 aromatic heterocycles. The second kappa shape index (κ2) is 6.74. The normalized spacial score (nSPS) is 17.8. The van der Waals surface area contributed by atoms with Crippen molar-refractivity contribution in [3.63, 3.8) is 0 Å². The number of thioether (sulfide) groups is 1. The monoisotopic (exact) mass is 366 g/mol. The highest BCUT2D eigenvalue weighted by atomic mass is 35.5. The number of amidine groups is 1. The zero-order valence-corrected chi connectivity index (χ0v) is 13.8. The molecule has 3 rings (SSSR count). The number of nitrogens with one attached hydrogen (secondary N) is 1. The largest absolute Gasteiger partial charge is 0.300 e. The van der Waals surface area contributed by atoms with E-state index in [0.717, 1.165) is 5.56 Å². The topological polar surface area (TPSA) is 41.5 Å². The molecule has 1 aliphatic rings. The quantitative estimate of drug-likeness (QED) is 0.757. The van der Waals surface area contributed by atoms with E-state index in [0.29, 0.717) is 25.8 Å². The van der Waals surface area contributed by atoms with Gasteiger partial charge < -0.3 is 5.32 Å². The van der Waals surface area contributed by atoms with Crippen molar-refractivity contribution in [2.24, 2.45) is 4.99 Å². The lowest BCUT2D eigenvalue weighted by Gasteiger charge is -2.00. The maximum absolute atomic E-state index is 12.9. The number of benzene rings is 2. The van der Waals surface area contributed by atoms with Gasteiger partial charge in [-0.2, -0.15) is 0 Å². The van der Waals surface area contributed by atoms with Crippen molar-refractivity contribution in [2.75, 3.05) is 0 Å². The van der Waals surface area contributed by atoms with E-state index >= 15 is 0 Å². The van der Waals surface area contributed by atoms with Crippen molar-refractivity contribution in [1.82, 2.24) is 5.32 Å². The van der Waals surface area contributed by atoms with E-state index in [1.807, 2.05) is 0 Å². The maximum Gasteiger partial charge on any atom is 0.264 e. The van der Waals surface area contributed by atoms with Gasteiger partial charge in [0.2, 0.25) is 0 Å². The first-order valence-electron chi connectivity index (χ1n) is 6.52. The average molecular weight is 367 g/mol. The molecule has 0 saturated carbocycles. The van der Waals surface area contributed by atoms with Crippen molar-refractivity contribution < 1.29 is 9.18 Å². The molecule has 2 aromatic carbocycles. The zero-order valence-electron chi connectivity index (χ0n) is 11.5. The van der Waals surface area contributed by atoms with Gasteiger partial charge in [-0.1, -0.05) is 41.4 Å². The van der Waals surface area contributed by atoms with E-state index in [9.17, 15) is 9.18 Å². The number of carbonyl (C=O) groups excluding carboxylic acids is 1. The Balaban J connectivity index is 1.86. The highest BCUT2D eigenvalue weighted by molar-refractivity contribution is 8.18. The predicted molar refractivity (Wildman–Crippen MR) is 93.7 cm³/mol. The first-order valence-corrected chi connectivity index (χ1v) is 8.09. The summed E-state index contributed by atoms with van der Waals surface area (Å²) in [5, 5.41) is 3.79. The van der Waals surface area contributed by atoms with Crippen molar-refractivity contribution in [1.29, 1.82) is 0 Å². The average Bonchev–Trinajstić information content (AvgIpc) is 2.86. The highest BCUT2D eigenvalue weighted by Crippen LogP contribution is 2.34. The second-order valence-electron chi connectivity index (χ2n) is 4.61. The van der Waals surface area contributed by atoms with Crippen LogP contribution < -0.4 is 5.32 Å². The summed E-state index contributed by atoms with van der Waals surface area (Å²) in [6.45, 7) is 0. The number of hydrogen-bond acceptors (Lipinski definition) is 3. The van der Waals surface area contributed by atoms with E-state index in [1.165, 1.54) is 23.9 Å². The molecule has 1 heterocycles. The van der Waals surface area contributed by atoms with E-state index in [4.69, 9.17) is 23.2 Å². The molecule has 2 aromatic rings. The first kappa shape index (κ1) is 16.1. The van der Waals surface area contributed by atoms with E-state index in [-0.39, 0.29) is 11.7 Å². The standard InChI is InChI=1S/C16H9Cl2FN2OS/c17-11-2-1-3-12(14(11)18)20-16-21-15(22)13(23-16)8-9-4-6-10(19)7-5-9/h1-8H,(H,20,21,22). The third-order valence-corrected chi connectivity index (χ3v) is 4.69. The lowest BCUT2D eigenvalue weighted by atomic mass is 10.2. The summed E-state index contributed by atoms with van der Waals surface area (Å²) in [5.41, 5.74) is 1.20. The van der Waals surface area contributed by atoms with Crippen LogP contribution in [0.25, 0.3) is 6.08 Å². The Hall–Kier alpha value is -1.82. The number of rotatable bonds is 2. The van der Waals surface area contributed by atoms with Gasteiger partial charge in [0, 0.05) is 0 Å². The number of aliphatic imine (C=N–C) groups is 1. The van der Waals surface area contributed by atoms with Crippen LogP contribution in [0, 0.1) is 5.82 Å². The van der Waals surface area contributed by atoms with Crippen LogP contribution in [0.3, 0.4) is 0 Å². The molecule has 0 unspecified atom stereocenters. The fourth-order valence-electron chi connectivity index (χ4n) is 1.88. The molecule has 3 nitrogen and oxygen atoms in total. The summed E-state index contributed by atoms with van der Waals surface area (Å²) >= 11 is 13.2. The molecular formula is C16H9Cl2FN2OS. The second-order valence-corrected chi connectivity index (χ2v) is 6.42. The van der Waals surface area contributed by atoms with Crippen LogP contribution in [0.15, 0.2) is 52.4 Å². The summed E-state index contributed by atoms with van der Waals surface area (Å²) in [7, 11) is 0. The Bertz CT molecular complexity index is 834. The maximum atomic E-state index is 12.9. The number of amides is 1. The number of carbonyl (C=O) groups is 1. The third-order valence-electron chi connectivity index (χ3n) is 2.97. The van der Waals surface area contributed by atoms with Crippen LogP contribution >= 0.6 is 35.0 Å². The highest BCUT2D eigenvalue weighted by Gasteiger charge is 2.24. The van der Waals surface area contributed by atoms with Crippen LogP contribution in [0.2, 0.25) is 10.0 Å². The van der Waals surface area contributed by atoms with Gasteiger partial charge in [-0.3, -0.25) is 4.79 Å². The molecule has 23 heavy (non-hydrogen) atoms. The summed E-state index contributed by atoms with van der Waals surface area (Å²) in [6, 6.07) is 11.0. The lowest BCUT2D eigenvalue weighted by molar-refractivity contribution is -0.115. The number of hydrogen-bond donors (Lipinski definition) is 1. The van der Waals surface area contributed by atoms with Crippen LogP contribution in [0.5, 0.6) is 0 Å². The lowest BCUT2D eigenvalue weighted by Crippen LogP contribution is -2.19. The first-order chi connectivity index (χ1) is 11.0. The molecule has 1 aliphatic heterocycles. The van der Waals surface area contributed by atoms with E-state index < -0.39 is 0 Å². The van der Waals surface area contributed by atoms with Gasteiger partial charge >= 0.3 is 0 Å². The fourth-order valence-corrected chi connectivity index (χ4v) is 3.05. The minimum Gasteiger partial charge on any atom is -0.300 e. The van der Waals surface area contributed by atoms with Crippen molar-refractivity contribution in [2.45, 2.75) is 0 Å². The van der Waals surface area contributed by atoms with Crippen molar-refractivity contribution >= 4 is 57.8 Å². The summed E-state index contributed by atoms with van der Waals surface area (Å²) in [6.07, 6.45) is 1.67. The van der Waals surface area contributed by atoms with E-state index in [1.54, 1.807) is 36.4 Å². The molecule has 1 N–H and O–H groups in total. The van der Waals surface area contributed by atoms with Crippen LogP contribution in [0.4, 0.5) is 10.1 Å². The van der Waals surface area contributed by atoms with E-state index in [2.05, 4.69) is 10.3 Å². The molecule has 0 bridgehead atoms. The van der Waals surface area contributed by atoms with Crippen molar-refractivity contribution in [3.8, 4) is 0 Å². The van der Waals surface area contributed by atoms with Crippen LogP contribution in [-0.4, -0.2) is 11.1 Å². The minimum atomic E-state index is -0.325. The van der Waals surface area contributed by atoms with Crippen LogP contribution in [0.1, 0.15) is 5.56 Å². The SMILES string of the molecule is O=C1NC(=Nc2cccc(Cl)c2Cl)SC1=Cc1ccc(F)cc1.